The third kappa shape index (κ3) is 2.35. The zero-order valence-corrected chi connectivity index (χ0v) is 9.78. The van der Waals surface area contributed by atoms with Gasteiger partial charge in [0, 0.05) is 11.8 Å². The Morgan fingerprint density at radius 2 is 1.81 bits per heavy atom. The van der Waals surface area contributed by atoms with E-state index in [1.807, 2.05) is 30.3 Å². The molecule has 0 aliphatic carbocycles. The minimum Gasteiger partial charge on any atom is -0.384 e. The number of aliphatic hydroxyl groups is 1. The predicted molar refractivity (Wildman–Crippen MR) is 64.8 cm³/mol. The van der Waals surface area contributed by atoms with Crippen LogP contribution in [0.3, 0.4) is 0 Å². The quantitative estimate of drug-likeness (QED) is 0.832. The highest BCUT2D eigenvalue weighted by molar-refractivity contribution is 6.32. The molecule has 1 unspecified atom stereocenters. The average molecular weight is 254 g/mol. The maximum atomic E-state index is 10.1. The van der Waals surface area contributed by atoms with Gasteiger partial charge in [0.05, 0.1) is 5.02 Å². The Morgan fingerprint density at radius 1 is 1.12 bits per heavy atom. The Morgan fingerprint density at radius 3 is 2.50 bits per heavy atom. The molecule has 1 N–H and O–H groups in total. The number of nitrogens with zero attached hydrogens (tertiary/aromatic N) is 1. The third-order valence-corrected chi connectivity index (χ3v) is 2.77. The normalized spacial score (nSPS) is 12.4. The summed E-state index contributed by atoms with van der Waals surface area (Å²) in [5, 5.41) is 10.8. The number of aliphatic hydroxyl groups excluding tert-OH is 1. The summed E-state index contributed by atoms with van der Waals surface area (Å²) in [4.78, 5) is 3.90. The van der Waals surface area contributed by atoms with Crippen molar-refractivity contribution < 1.29 is 5.11 Å². The second-order valence-electron chi connectivity index (χ2n) is 3.35. The highest BCUT2D eigenvalue weighted by Crippen LogP contribution is 2.28. The van der Waals surface area contributed by atoms with E-state index in [0.29, 0.717) is 10.6 Å². The Labute approximate surface area is 103 Å². The molecule has 0 aliphatic rings. The van der Waals surface area contributed by atoms with Gasteiger partial charge in [0.1, 0.15) is 11.3 Å². The van der Waals surface area contributed by atoms with Crippen LogP contribution in [0.2, 0.25) is 10.2 Å². The van der Waals surface area contributed by atoms with Crippen LogP contribution >= 0.6 is 23.2 Å². The second-order valence-corrected chi connectivity index (χ2v) is 4.14. The van der Waals surface area contributed by atoms with E-state index in [1.54, 1.807) is 6.07 Å². The lowest BCUT2D eigenvalue weighted by molar-refractivity contribution is 0.220. The van der Waals surface area contributed by atoms with Crippen LogP contribution in [0, 0.1) is 0 Å². The lowest BCUT2D eigenvalue weighted by Gasteiger charge is -2.12. The van der Waals surface area contributed by atoms with E-state index in [4.69, 9.17) is 23.2 Å². The highest BCUT2D eigenvalue weighted by atomic mass is 35.5. The van der Waals surface area contributed by atoms with Gasteiger partial charge in [-0.05, 0) is 11.6 Å². The second kappa shape index (κ2) is 4.83. The van der Waals surface area contributed by atoms with Gasteiger partial charge in [-0.25, -0.2) is 4.98 Å². The minimum atomic E-state index is -0.806. The molecule has 82 valence electrons. The molecule has 4 heteroatoms. The summed E-state index contributed by atoms with van der Waals surface area (Å²) in [6, 6.07) is 10.8. The van der Waals surface area contributed by atoms with Crippen molar-refractivity contribution in [2.75, 3.05) is 0 Å². The van der Waals surface area contributed by atoms with E-state index in [9.17, 15) is 5.11 Å². The molecule has 0 saturated heterocycles. The van der Waals surface area contributed by atoms with Gasteiger partial charge in [-0.3, -0.25) is 0 Å². The monoisotopic (exact) mass is 253 g/mol. The van der Waals surface area contributed by atoms with Crippen molar-refractivity contribution in [3.8, 4) is 0 Å². The maximum Gasteiger partial charge on any atom is 0.135 e. The number of benzene rings is 1. The van der Waals surface area contributed by atoms with Crippen molar-refractivity contribution in [3.63, 3.8) is 0 Å². The molecule has 0 fully saturated rings. The number of rotatable bonds is 2. The van der Waals surface area contributed by atoms with Gasteiger partial charge in [-0.1, -0.05) is 53.5 Å². The first-order valence-electron chi connectivity index (χ1n) is 4.72. The van der Waals surface area contributed by atoms with Crippen LogP contribution in [0.25, 0.3) is 0 Å². The Hall–Kier alpha value is -1.09. The van der Waals surface area contributed by atoms with Crippen molar-refractivity contribution in [2.24, 2.45) is 0 Å². The van der Waals surface area contributed by atoms with E-state index < -0.39 is 6.10 Å². The molecule has 0 bridgehead atoms. The fraction of sp³-hybridized carbons (Fsp3) is 0.0833. The standard InChI is InChI=1S/C12H9Cl2NO/c13-9-6-10(12(14)15-7-9)11(16)8-4-2-1-3-5-8/h1-7,11,16H. The van der Waals surface area contributed by atoms with E-state index in [0.717, 1.165) is 5.56 Å². The van der Waals surface area contributed by atoms with Crippen molar-refractivity contribution in [2.45, 2.75) is 6.10 Å². The van der Waals surface area contributed by atoms with E-state index in [-0.39, 0.29) is 5.15 Å². The largest absolute Gasteiger partial charge is 0.384 e. The van der Waals surface area contributed by atoms with Gasteiger partial charge >= 0.3 is 0 Å². The molecule has 0 saturated carbocycles. The molecule has 0 radical (unpaired) electrons. The molecule has 16 heavy (non-hydrogen) atoms. The zero-order valence-electron chi connectivity index (χ0n) is 8.27. The molecular weight excluding hydrogens is 245 g/mol. The Kier molecular flexibility index (Phi) is 3.44. The van der Waals surface area contributed by atoms with Crippen LogP contribution in [-0.4, -0.2) is 10.1 Å². The van der Waals surface area contributed by atoms with E-state index in [1.165, 1.54) is 6.20 Å². The molecule has 0 amide bonds. The molecule has 2 aromatic rings. The topological polar surface area (TPSA) is 33.1 Å². The van der Waals surface area contributed by atoms with Crippen LogP contribution in [0.1, 0.15) is 17.2 Å². The summed E-state index contributed by atoms with van der Waals surface area (Å²) in [7, 11) is 0. The average Bonchev–Trinajstić information content (AvgIpc) is 2.32. The Bertz CT molecular complexity index is 488. The molecule has 1 atom stereocenters. The van der Waals surface area contributed by atoms with Crippen molar-refractivity contribution >= 4 is 23.2 Å². The number of hydrogen-bond donors (Lipinski definition) is 1. The van der Waals surface area contributed by atoms with Crippen LogP contribution in [0.4, 0.5) is 0 Å². The first-order chi connectivity index (χ1) is 7.68. The lowest BCUT2D eigenvalue weighted by Crippen LogP contribution is -2.01. The van der Waals surface area contributed by atoms with Gasteiger partial charge < -0.3 is 5.11 Å². The first kappa shape index (κ1) is 11.4. The number of hydrogen-bond acceptors (Lipinski definition) is 2. The Balaban J connectivity index is 2.41. The molecule has 1 aromatic carbocycles. The predicted octanol–water partition coefficient (Wildman–Crippen LogP) is 3.47. The van der Waals surface area contributed by atoms with Gasteiger partial charge in [0.15, 0.2) is 0 Å². The third-order valence-electron chi connectivity index (χ3n) is 2.24. The fourth-order valence-electron chi connectivity index (χ4n) is 1.44. The summed E-state index contributed by atoms with van der Waals surface area (Å²) in [5.74, 6) is 0. The van der Waals surface area contributed by atoms with E-state index >= 15 is 0 Å². The summed E-state index contributed by atoms with van der Waals surface area (Å²) < 4.78 is 0. The van der Waals surface area contributed by atoms with Crippen molar-refractivity contribution in [1.29, 1.82) is 0 Å². The highest BCUT2D eigenvalue weighted by Gasteiger charge is 2.14. The number of halogens is 2. The van der Waals surface area contributed by atoms with Gasteiger partial charge in [0.2, 0.25) is 0 Å². The lowest BCUT2D eigenvalue weighted by atomic mass is 10.0. The van der Waals surface area contributed by atoms with E-state index in [2.05, 4.69) is 4.98 Å². The van der Waals surface area contributed by atoms with Crippen molar-refractivity contribution in [1.82, 2.24) is 4.98 Å². The number of pyridine rings is 1. The SMILES string of the molecule is OC(c1ccccc1)c1cc(Cl)cnc1Cl. The summed E-state index contributed by atoms with van der Waals surface area (Å²) in [6.45, 7) is 0. The minimum absolute atomic E-state index is 0.265. The van der Waals surface area contributed by atoms with Crippen LogP contribution in [0.5, 0.6) is 0 Å². The first-order valence-corrected chi connectivity index (χ1v) is 5.48. The molecule has 0 aliphatic heterocycles. The van der Waals surface area contributed by atoms with Crippen molar-refractivity contribution in [3.05, 3.63) is 63.9 Å². The van der Waals surface area contributed by atoms with Gasteiger partial charge in [0.25, 0.3) is 0 Å². The molecule has 2 nitrogen and oxygen atoms in total. The van der Waals surface area contributed by atoms with Gasteiger partial charge in [-0.2, -0.15) is 0 Å². The van der Waals surface area contributed by atoms with Gasteiger partial charge in [-0.15, -0.1) is 0 Å². The molecule has 1 heterocycles. The molecule has 0 spiro atoms. The molecule has 2 rings (SSSR count). The summed E-state index contributed by atoms with van der Waals surface area (Å²) in [6.07, 6.45) is 0.644. The zero-order chi connectivity index (χ0) is 11.5. The van der Waals surface area contributed by atoms with Crippen LogP contribution < -0.4 is 0 Å². The fourth-order valence-corrected chi connectivity index (χ4v) is 1.82. The molecular formula is C12H9Cl2NO. The molecule has 1 aromatic heterocycles. The smallest absolute Gasteiger partial charge is 0.135 e. The number of aromatic nitrogens is 1. The van der Waals surface area contributed by atoms with Crippen LogP contribution in [0.15, 0.2) is 42.6 Å². The maximum absolute atomic E-state index is 10.1. The van der Waals surface area contributed by atoms with Crippen LogP contribution in [-0.2, 0) is 0 Å². The summed E-state index contributed by atoms with van der Waals surface area (Å²) in [5.41, 5.74) is 1.27. The summed E-state index contributed by atoms with van der Waals surface area (Å²) >= 11 is 11.7.